The molecule has 1 fully saturated rings. The number of unbranched alkanes of at least 4 members (excludes halogenated alkanes) is 1. The van der Waals surface area contributed by atoms with Crippen LogP contribution < -0.4 is 5.32 Å². The second kappa shape index (κ2) is 8.28. The standard InChI is InChI=1S/C16H30N2O2/c1-12(2)7-5-6-9-18-10-8-15(19)17-14(16(18)20)11-13(3)4/h12-14H,5-11H2,1-4H3,(H,17,19). The molecule has 1 heterocycles. The van der Waals surface area contributed by atoms with Crippen LogP contribution in [0.3, 0.4) is 0 Å². The molecular formula is C16H30N2O2. The molecule has 4 heteroatoms. The topological polar surface area (TPSA) is 49.4 Å². The van der Waals surface area contributed by atoms with E-state index < -0.39 is 0 Å². The van der Waals surface area contributed by atoms with Gasteiger partial charge in [-0.15, -0.1) is 0 Å². The highest BCUT2D eigenvalue weighted by atomic mass is 16.2. The molecule has 0 spiro atoms. The van der Waals surface area contributed by atoms with Crippen molar-refractivity contribution in [3.05, 3.63) is 0 Å². The first kappa shape index (κ1) is 17.0. The van der Waals surface area contributed by atoms with Crippen molar-refractivity contribution in [2.45, 2.75) is 65.8 Å². The average molecular weight is 282 g/mol. The van der Waals surface area contributed by atoms with Gasteiger partial charge in [0.15, 0.2) is 0 Å². The Bertz CT molecular complexity index is 326. The number of nitrogens with one attached hydrogen (secondary N) is 1. The second-order valence-corrected chi connectivity index (χ2v) is 6.71. The van der Waals surface area contributed by atoms with E-state index in [2.05, 4.69) is 33.0 Å². The van der Waals surface area contributed by atoms with Crippen molar-refractivity contribution < 1.29 is 9.59 Å². The molecule has 1 atom stereocenters. The molecule has 116 valence electrons. The van der Waals surface area contributed by atoms with Gasteiger partial charge in [-0.3, -0.25) is 9.59 Å². The number of rotatable bonds is 7. The van der Waals surface area contributed by atoms with E-state index in [1.807, 2.05) is 4.90 Å². The molecule has 1 unspecified atom stereocenters. The summed E-state index contributed by atoms with van der Waals surface area (Å²) in [6.45, 7) is 9.96. The summed E-state index contributed by atoms with van der Waals surface area (Å²) in [6.07, 6.45) is 4.55. The van der Waals surface area contributed by atoms with Gasteiger partial charge in [0, 0.05) is 19.5 Å². The first-order valence-electron chi connectivity index (χ1n) is 7.98. The molecular weight excluding hydrogens is 252 g/mol. The summed E-state index contributed by atoms with van der Waals surface area (Å²) in [5.41, 5.74) is 0. The lowest BCUT2D eigenvalue weighted by atomic mass is 10.0. The molecule has 2 amide bonds. The maximum Gasteiger partial charge on any atom is 0.245 e. The summed E-state index contributed by atoms with van der Waals surface area (Å²) < 4.78 is 0. The van der Waals surface area contributed by atoms with Crippen molar-refractivity contribution in [3.8, 4) is 0 Å². The number of carbonyl (C=O) groups is 2. The summed E-state index contributed by atoms with van der Waals surface area (Å²) in [7, 11) is 0. The predicted octanol–water partition coefficient (Wildman–Crippen LogP) is 2.58. The van der Waals surface area contributed by atoms with Gasteiger partial charge in [0.05, 0.1) is 0 Å². The van der Waals surface area contributed by atoms with Crippen molar-refractivity contribution in [1.82, 2.24) is 10.2 Å². The molecule has 1 saturated heterocycles. The number of nitrogens with zero attached hydrogens (tertiary/aromatic N) is 1. The summed E-state index contributed by atoms with van der Waals surface area (Å²) >= 11 is 0. The number of hydrogen-bond acceptors (Lipinski definition) is 2. The average Bonchev–Trinajstić information content (AvgIpc) is 2.46. The van der Waals surface area contributed by atoms with Crippen LogP contribution >= 0.6 is 0 Å². The molecule has 0 saturated carbocycles. The molecule has 1 N–H and O–H groups in total. The Kier molecular flexibility index (Phi) is 7.03. The lowest BCUT2D eigenvalue weighted by molar-refractivity contribution is -0.134. The van der Waals surface area contributed by atoms with Crippen LogP contribution in [0.4, 0.5) is 0 Å². The van der Waals surface area contributed by atoms with E-state index in [0.29, 0.717) is 24.8 Å². The van der Waals surface area contributed by atoms with Crippen LogP contribution in [0.15, 0.2) is 0 Å². The minimum absolute atomic E-state index is 0.00804. The van der Waals surface area contributed by atoms with Gasteiger partial charge in [-0.2, -0.15) is 0 Å². The van der Waals surface area contributed by atoms with Crippen LogP contribution in [0.2, 0.25) is 0 Å². The minimum atomic E-state index is -0.324. The smallest absolute Gasteiger partial charge is 0.245 e. The fourth-order valence-electron chi connectivity index (χ4n) is 2.60. The van der Waals surface area contributed by atoms with Crippen molar-refractivity contribution in [3.63, 3.8) is 0 Å². The van der Waals surface area contributed by atoms with E-state index in [1.165, 1.54) is 6.42 Å². The van der Waals surface area contributed by atoms with Gasteiger partial charge in [0.25, 0.3) is 0 Å². The predicted molar refractivity (Wildman–Crippen MR) is 81.3 cm³/mol. The van der Waals surface area contributed by atoms with E-state index >= 15 is 0 Å². The molecule has 4 nitrogen and oxygen atoms in total. The zero-order valence-electron chi connectivity index (χ0n) is 13.4. The van der Waals surface area contributed by atoms with E-state index in [-0.39, 0.29) is 17.9 Å². The molecule has 1 aliphatic heterocycles. The molecule has 1 aliphatic rings. The zero-order chi connectivity index (χ0) is 15.1. The van der Waals surface area contributed by atoms with Crippen molar-refractivity contribution >= 4 is 11.8 Å². The van der Waals surface area contributed by atoms with Crippen molar-refractivity contribution in [2.75, 3.05) is 13.1 Å². The first-order valence-corrected chi connectivity index (χ1v) is 7.98. The Balaban J connectivity index is 2.51. The molecule has 0 radical (unpaired) electrons. The van der Waals surface area contributed by atoms with Crippen LogP contribution in [0.1, 0.15) is 59.8 Å². The lowest BCUT2D eigenvalue weighted by Gasteiger charge is -2.25. The van der Waals surface area contributed by atoms with Crippen LogP contribution in [0.5, 0.6) is 0 Å². The fraction of sp³-hybridized carbons (Fsp3) is 0.875. The van der Waals surface area contributed by atoms with E-state index in [9.17, 15) is 9.59 Å². The first-order chi connectivity index (χ1) is 9.40. The Labute approximate surface area is 123 Å². The SMILES string of the molecule is CC(C)CCCCN1CCC(=O)NC(CC(C)C)C1=O. The van der Waals surface area contributed by atoms with Gasteiger partial charge in [0.1, 0.15) is 6.04 Å². The van der Waals surface area contributed by atoms with Gasteiger partial charge in [-0.05, 0) is 24.7 Å². The van der Waals surface area contributed by atoms with Gasteiger partial charge in [-0.1, -0.05) is 40.5 Å². The van der Waals surface area contributed by atoms with Gasteiger partial charge in [0.2, 0.25) is 11.8 Å². The second-order valence-electron chi connectivity index (χ2n) is 6.71. The fourth-order valence-corrected chi connectivity index (χ4v) is 2.60. The summed E-state index contributed by atoms with van der Waals surface area (Å²) in [6, 6.07) is -0.324. The molecule has 0 aromatic heterocycles. The van der Waals surface area contributed by atoms with Gasteiger partial charge in [-0.25, -0.2) is 0 Å². The van der Waals surface area contributed by atoms with Crippen LogP contribution in [-0.2, 0) is 9.59 Å². The number of hydrogen-bond donors (Lipinski definition) is 1. The quantitative estimate of drug-likeness (QED) is 0.730. The maximum absolute atomic E-state index is 12.5. The maximum atomic E-state index is 12.5. The Hall–Kier alpha value is -1.06. The molecule has 1 rings (SSSR count). The number of carbonyl (C=O) groups excluding carboxylic acids is 2. The third-order valence-corrected chi connectivity index (χ3v) is 3.72. The third kappa shape index (κ3) is 5.93. The molecule has 0 aromatic carbocycles. The van der Waals surface area contributed by atoms with Crippen molar-refractivity contribution in [1.29, 1.82) is 0 Å². The van der Waals surface area contributed by atoms with E-state index in [1.54, 1.807) is 0 Å². The molecule has 0 aliphatic carbocycles. The van der Waals surface area contributed by atoms with Gasteiger partial charge < -0.3 is 10.2 Å². The largest absolute Gasteiger partial charge is 0.344 e. The van der Waals surface area contributed by atoms with Crippen LogP contribution in [0, 0.1) is 11.8 Å². The van der Waals surface area contributed by atoms with Crippen LogP contribution in [-0.4, -0.2) is 35.8 Å². The summed E-state index contributed by atoms with van der Waals surface area (Å²) in [5.74, 6) is 1.24. The Morgan fingerprint density at radius 2 is 1.85 bits per heavy atom. The normalized spacial score (nSPS) is 20.5. The van der Waals surface area contributed by atoms with Crippen LogP contribution in [0.25, 0.3) is 0 Å². The summed E-state index contributed by atoms with van der Waals surface area (Å²) in [4.78, 5) is 26.0. The highest BCUT2D eigenvalue weighted by Gasteiger charge is 2.29. The zero-order valence-corrected chi connectivity index (χ0v) is 13.4. The molecule has 0 aromatic rings. The molecule has 0 bridgehead atoms. The number of amides is 2. The van der Waals surface area contributed by atoms with Crippen molar-refractivity contribution in [2.24, 2.45) is 11.8 Å². The van der Waals surface area contributed by atoms with Gasteiger partial charge >= 0.3 is 0 Å². The summed E-state index contributed by atoms with van der Waals surface area (Å²) in [5, 5.41) is 2.87. The monoisotopic (exact) mass is 282 g/mol. The lowest BCUT2D eigenvalue weighted by Crippen LogP contribution is -2.45. The van der Waals surface area contributed by atoms with E-state index in [0.717, 1.165) is 25.8 Å². The third-order valence-electron chi connectivity index (χ3n) is 3.72. The Morgan fingerprint density at radius 3 is 2.45 bits per heavy atom. The Morgan fingerprint density at radius 1 is 1.15 bits per heavy atom. The van der Waals surface area contributed by atoms with E-state index in [4.69, 9.17) is 0 Å². The highest BCUT2D eigenvalue weighted by molar-refractivity contribution is 5.89. The highest BCUT2D eigenvalue weighted by Crippen LogP contribution is 2.13. The molecule has 20 heavy (non-hydrogen) atoms. The minimum Gasteiger partial charge on any atom is -0.344 e.